The lowest BCUT2D eigenvalue weighted by Gasteiger charge is -2.30. The van der Waals surface area contributed by atoms with Crippen molar-refractivity contribution in [1.82, 2.24) is 4.90 Å². The minimum absolute atomic E-state index is 0.0799. The number of para-hydroxylation sites is 2. The molecule has 29 heavy (non-hydrogen) atoms. The van der Waals surface area contributed by atoms with Crippen LogP contribution in [0.25, 0.3) is 0 Å². The maximum atomic E-state index is 13.1. The Bertz CT molecular complexity index is 867. The van der Waals surface area contributed by atoms with Crippen molar-refractivity contribution in [3.05, 3.63) is 54.6 Å². The topological polar surface area (TPSA) is 76.4 Å². The Kier molecular flexibility index (Phi) is 8.71. The Balaban J connectivity index is 2.04. The Morgan fingerprint density at radius 2 is 1.79 bits per heavy atom. The first-order chi connectivity index (χ1) is 14.0. The van der Waals surface area contributed by atoms with Crippen molar-refractivity contribution in [3.8, 4) is 6.07 Å². The highest BCUT2D eigenvalue weighted by Gasteiger charge is 2.26. The molecule has 0 aliphatic heterocycles. The summed E-state index contributed by atoms with van der Waals surface area (Å²) in [6.07, 6.45) is 2.19. The van der Waals surface area contributed by atoms with E-state index >= 15 is 0 Å². The van der Waals surface area contributed by atoms with Crippen molar-refractivity contribution in [1.29, 1.82) is 5.26 Å². The molecule has 2 rings (SSSR count). The van der Waals surface area contributed by atoms with Crippen molar-refractivity contribution >= 4 is 35.0 Å². The van der Waals surface area contributed by atoms with Gasteiger partial charge in [0, 0.05) is 17.1 Å². The number of nitriles is 1. The van der Waals surface area contributed by atoms with Gasteiger partial charge in [-0.2, -0.15) is 5.26 Å². The highest BCUT2D eigenvalue weighted by Crippen LogP contribution is 2.24. The standard InChI is InChI=1S/C22H26N4O2S/c1-17(22(28)26(15-9-14-23)18-10-5-4-6-11-18)25(2)16-21(27)24-19-12-7-8-13-20(19)29-3/h4-8,10-13,17H,9,15-16H2,1-3H3,(H,24,27). The average molecular weight is 411 g/mol. The number of benzene rings is 2. The number of amides is 2. The van der Waals surface area contributed by atoms with E-state index in [0.29, 0.717) is 6.54 Å². The summed E-state index contributed by atoms with van der Waals surface area (Å²) in [5.41, 5.74) is 1.50. The lowest BCUT2D eigenvalue weighted by Crippen LogP contribution is -2.48. The van der Waals surface area contributed by atoms with Crippen LogP contribution in [-0.4, -0.2) is 49.1 Å². The number of nitrogens with zero attached hydrogens (tertiary/aromatic N) is 3. The van der Waals surface area contributed by atoms with Gasteiger partial charge >= 0.3 is 0 Å². The number of rotatable bonds is 9. The van der Waals surface area contributed by atoms with Gasteiger partial charge in [0.1, 0.15) is 0 Å². The molecule has 0 aromatic heterocycles. The van der Waals surface area contributed by atoms with E-state index in [1.165, 1.54) is 0 Å². The summed E-state index contributed by atoms with van der Waals surface area (Å²) in [7, 11) is 1.75. The predicted octanol–water partition coefficient (Wildman–Crippen LogP) is 3.61. The Labute approximate surface area is 176 Å². The average Bonchev–Trinajstić information content (AvgIpc) is 2.74. The van der Waals surface area contributed by atoms with E-state index in [4.69, 9.17) is 5.26 Å². The summed E-state index contributed by atoms with van der Waals surface area (Å²) < 4.78 is 0. The molecular formula is C22H26N4O2S. The lowest BCUT2D eigenvalue weighted by molar-refractivity contribution is -0.124. The van der Waals surface area contributed by atoms with E-state index in [-0.39, 0.29) is 24.8 Å². The van der Waals surface area contributed by atoms with Crippen molar-refractivity contribution in [3.63, 3.8) is 0 Å². The van der Waals surface area contributed by atoms with Gasteiger partial charge in [0.05, 0.1) is 30.8 Å². The van der Waals surface area contributed by atoms with Crippen LogP contribution >= 0.6 is 11.8 Å². The zero-order valence-corrected chi connectivity index (χ0v) is 17.8. The first-order valence-electron chi connectivity index (χ1n) is 9.34. The van der Waals surface area contributed by atoms with E-state index in [0.717, 1.165) is 16.3 Å². The van der Waals surface area contributed by atoms with E-state index in [1.807, 2.05) is 60.9 Å². The molecule has 0 radical (unpaired) electrons. The first-order valence-corrected chi connectivity index (χ1v) is 10.6. The SMILES string of the molecule is CSc1ccccc1NC(=O)CN(C)C(C)C(=O)N(CCC#N)c1ccccc1. The molecule has 1 atom stereocenters. The lowest BCUT2D eigenvalue weighted by atomic mass is 10.2. The fraction of sp³-hybridized carbons (Fsp3) is 0.318. The van der Waals surface area contributed by atoms with Crippen LogP contribution < -0.4 is 10.2 Å². The third-order valence-corrected chi connectivity index (χ3v) is 5.37. The molecule has 6 nitrogen and oxygen atoms in total. The summed E-state index contributed by atoms with van der Waals surface area (Å²) in [6.45, 7) is 2.16. The largest absolute Gasteiger partial charge is 0.324 e. The summed E-state index contributed by atoms with van der Waals surface area (Å²) in [5, 5.41) is 11.9. The molecule has 1 unspecified atom stereocenters. The van der Waals surface area contributed by atoms with Crippen LogP contribution in [0.15, 0.2) is 59.5 Å². The molecule has 2 aromatic carbocycles. The highest BCUT2D eigenvalue weighted by atomic mass is 32.2. The number of carbonyl (C=O) groups is 2. The molecular weight excluding hydrogens is 384 g/mol. The van der Waals surface area contributed by atoms with E-state index in [9.17, 15) is 9.59 Å². The van der Waals surface area contributed by atoms with Crippen molar-refractivity contribution in [2.45, 2.75) is 24.3 Å². The maximum Gasteiger partial charge on any atom is 0.244 e. The van der Waals surface area contributed by atoms with Crippen molar-refractivity contribution in [2.75, 3.05) is 36.6 Å². The molecule has 2 aromatic rings. The molecule has 0 fully saturated rings. The highest BCUT2D eigenvalue weighted by molar-refractivity contribution is 7.98. The van der Waals surface area contributed by atoms with Gasteiger partial charge in [-0.3, -0.25) is 14.5 Å². The van der Waals surface area contributed by atoms with Gasteiger partial charge in [0.15, 0.2) is 0 Å². The van der Waals surface area contributed by atoms with Gasteiger partial charge in [0.2, 0.25) is 11.8 Å². The minimum atomic E-state index is -0.518. The zero-order chi connectivity index (χ0) is 21.2. The number of likely N-dealkylation sites (N-methyl/N-ethyl adjacent to an activating group) is 1. The molecule has 0 bridgehead atoms. The molecule has 2 amide bonds. The van der Waals surface area contributed by atoms with Crippen LogP contribution in [0.4, 0.5) is 11.4 Å². The molecule has 0 aliphatic carbocycles. The Hall–Kier alpha value is -2.82. The second-order valence-corrected chi connectivity index (χ2v) is 7.42. The van der Waals surface area contributed by atoms with Crippen LogP contribution in [0, 0.1) is 11.3 Å². The summed E-state index contributed by atoms with van der Waals surface area (Å²) in [5.74, 6) is -0.330. The second-order valence-electron chi connectivity index (χ2n) is 6.57. The molecule has 152 valence electrons. The summed E-state index contributed by atoms with van der Waals surface area (Å²) >= 11 is 1.56. The number of nitrogens with one attached hydrogen (secondary N) is 1. The molecule has 0 heterocycles. The molecule has 0 saturated heterocycles. The van der Waals surface area contributed by atoms with E-state index in [2.05, 4.69) is 11.4 Å². The fourth-order valence-electron chi connectivity index (χ4n) is 2.85. The van der Waals surface area contributed by atoms with E-state index in [1.54, 1.807) is 35.5 Å². The molecule has 1 N–H and O–H groups in total. The number of carbonyl (C=O) groups excluding carboxylic acids is 2. The minimum Gasteiger partial charge on any atom is -0.324 e. The number of anilines is 2. The fourth-order valence-corrected chi connectivity index (χ4v) is 3.41. The van der Waals surface area contributed by atoms with Crippen LogP contribution in [-0.2, 0) is 9.59 Å². The number of thioether (sulfide) groups is 1. The molecule has 0 aliphatic rings. The molecule has 0 saturated carbocycles. The van der Waals surface area contributed by atoms with Crippen LogP contribution in [0.1, 0.15) is 13.3 Å². The number of hydrogen-bond acceptors (Lipinski definition) is 5. The Morgan fingerprint density at radius 3 is 2.45 bits per heavy atom. The normalized spacial score (nSPS) is 11.6. The second kappa shape index (κ2) is 11.2. The zero-order valence-electron chi connectivity index (χ0n) is 17.0. The van der Waals surface area contributed by atoms with Crippen LogP contribution in [0.5, 0.6) is 0 Å². The van der Waals surface area contributed by atoms with Crippen LogP contribution in [0.2, 0.25) is 0 Å². The van der Waals surface area contributed by atoms with Gasteiger partial charge < -0.3 is 10.2 Å². The first kappa shape index (κ1) is 22.5. The van der Waals surface area contributed by atoms with Gasteiger partial charge in [-0.05, 0) is 44.5 Å². The van der Waals surface area contributed by atoms with Crippen LogP contribution in [0.3, 0.4) is 0 Å². The monoisotopic (exact) mass is 410 g/mol. The van der Waals surface area contributed by atoms with Gasteiger partial charge in [0.25, 0.3) is 0 Å². The molecule has 0 spiro atoms. The third kappa shape index (κ3) is 6.34. The number of hydrogen-bond donors (Lipinski definition) is 1. The smallest absolute Gasteiger partial charge is 0.244 e. The van der Waals surface area contributed by atoms with Crippen molar-refractivity contribution < 1.29 is 9.59 Å². The Morgan fingerprint density at radius 1 is 1.14 bits per heavy atom. The van der Waals surface area contributed by atoms with Gasteiger partial charge in [-0.15, -0.1) is 11.8 Å². The van der Waals surface area contributed by atoms with Gasteiger partial charge in [-0.1, -0.05) is 30.3 Å². The quantitative estimate of drug-likeness (QED) is 0.639. The summed E-state index contributed by atoms with van der Waals surface area (Å²) in [6, 6.07) is 18.4. The predicted molar refractivity (Wildman–Crippen MR) is 118 cm³/mol. The van der Waals surface area contributed by atoms with Crippen molar-refractivity contribution in [2.24, 2.45) is 0 Å². The summed E-state index contributed by atoms with van der Waals surface area (Å²) in [4.78, 5) is 29.9. The molecule has 7 heteroatoms. The maximum absolute atomic E-state index is 13.1. The van der Waals surface area contributed by atoms with Gasteiger partial charge in [-0.25, -0.2) is 0 Å². The third-order valence-electron chi connectivity index (χ3n) is 4.57. The van der Waals surface area contributed by atoms with E-state index < -0.39 is 6.04 Å².